The largest absolute Gasteiger partial charge is 0.338 e. The molecule has 0 spiro atoms. The monoisotopic (exact) mass is 346 g/mol. The topological polar surface area (TPSA) is 49.4 Å². The standard InChI is InChI=1S/C19H20F2N2O2/c1-13-6-8-15(9-7-13)12-23(14(2)24)11-10-18(25)22-19-16(20)4-3-5-17(19)21/h3-9H,10-12H2,1-2H3,(H,22,25). The van der Waals surface area contributed by atoms with E-state index in [1.54, 1.807) is 0 Å². The van der Waals surface area contributed by atoms with Crippen molar-refractivity contribution in [3.63, 3.8) is 0 Å². The van der Waals surface area contributed by atoms with Gasteiger partial charge in [-0.25, -0.2) is 8.78 Å². The molecule has 0 heterocycles. The zero-order valence-corrected chi connectivity index (χ0v) is 14.2. The van der Waals surface area contributed by atoms with Gasteiger partial charge in [0.15, 0.2) is 0 Å². The molecule has 2 aromatic carbocycles. The number of nitrogens with zero attached hydrogens (tertiary/aromatic N) is 1. The summed E-state index contributed by atoms with van der Waals surface area (Å²) in [5.41, 5.74) is 1.59. The Kier molecular flexibility index (Phi) is 6.22. The first-order valence-electron chi connectivity index (χ1n) is 7.91. The van der Waals surface area contributed by atoms with Gasteiger partial charge in [-0.2, -0.15) is 0 Å². The average molecular weight is 346 g/mol. The number of nitrogens with one attached hydrogen (secondary N) is 1. The summed E-state index contributed by atoms with van der Waals surface area (Å²) in [6.07, 6.45) is -0.0563. The Morgan fingerprint density at radius 1 is 1.04 bits per heavy atom. The third-order valence-electron chi connectivity index (χ3n) is 3.78. The first kappa shape index (κ1) is 18.6. The molecule has 2 rings (SSSR count). The van der Waals surface area contributed by atoms with E-state index in [4.69, 9.17) is 0 Å². The fourth-order valence-electron chi connectivity index (χ4n) is 2.32. The fraction of sp³-hybridized carbons (Fsp3) is 0.263. The van der Waals surface area contributed by atoms with Crippen LogP contribution in [0.25, 0.3) is 0 Å². The van der Waals surface area contributed by atoms with Gasteiger partial charge in [-0.15, -0.1) is 0 Å². The van der Waals surface area contributed by atoms with Crippen LogP contribution < -0.4 is 5.32 Å². The number of carbonyl (C=O) groups is 2. The van der Waals surface area contributed by atoms with Gasteiger partial charge in [0.2, 0.25) is 11.8 Å². The molecule has 25 heavy (non-hydrogen) atoms. The Balaban J connectivity index is 1.95. The van der Waals surface area contributed by atoms with E-state index >= 15 is 0 Å². The van der Waals surface area contributed by atoms with E-state index in [0.29, 0.717) is 6.54 Å². The van der Waals surface area contributed by atoms with Crippen LogP contribution in [-0.2, 0) is 16.1 Å². The highest BCUT2D eigenvalue weighted by molar-refractivity contribution is 5.91. The van der Waals surface area contributed by atoms with Crippen molar-refractivity contribution in [2.24, 2.45) is 0 Å². The molecule has 4 nitrogen and oxygen atoms in total. The highest BCUT2D eigenvalue weighted by Gasteiger charge is 2.15. The molecule has 0 saturated carbocycles. The maximum atomic E-state index is 13.5. The molecule has 0 aromatic heterocycles. The van der Waals surface area contributed by atoms with Gasteiger partial charge in [0.25, 0.3) is 0 Å². The van der Waals surface area contributed by atoms with Crippen LogP contribution in [0.2, 0.25) is 0 Å². The lowest BCUT2D eigenvalue weighted by atomic mass is 10.1. The van der Waals surface area contributed by atoms with Crippen molar-refractivity contribution in [1.29, 1.82) is 0 Å². The zero-order valence-electron chi connectivity index (χ0n) is 14.2. The first-order chi connectivity index (χ1) is 11.9. The third-order valence-corrected chi connectivity index (χ3v) is 3.78. The van der Waals surface area contributed by atoms with Crippen molar-refractivity contribution in [3.05, 3.63) is 65.2 Å². The number of rotatable bonds is 6. The number of benzene rings is 2. The molecular weight excluding hydrogens is 326 g/mol. The molecule has 6 heteroatoms. The predicted molar refractivity (Wildman–Crippen MR) is 91.9 cm³/mol. The summed E-state index contributed by atoms with van der Waals surface area (Å²) in [6, 6.07) is 11.1. The minimum absolute atomic E-state index is 0.0563. The molecule has 2 amide bonds. The fourth-order valence-corrected chi connectivity index (χ4v) is 2.32. The van der Waals surface area contributed by atoms with E-state index in [2.05, 4.69) is 5.32 Å². The molecule has 132 valence electrons. The quantitative estimate of drug-likeness (QED) is 0.868. The van der Waals surface area contributed by atoms with Crippen molar-refractivity contribution in [2.75, 3.05) is 11.9 Å². The van der Waals surface area contributed by atoms with Gasteiger partial charge in [-0.3, -0.25) is 9.59 Å². The maximum absolute atomic E-state index is 13.5. The summed E-state index contributed by atoms with van der Waals surface area (Å²) in [5, 5.41) is 2.22. The molecule has 0 saturated heterocycles. The molecule has 0 unspecified atom stereocenters. The highest BCUT2D eigenvalue weighted by atomic mass is 19.1. The minimum Gasteiger partial charge on any atom is -0.338 e. The predicted octanol–water partition coefficient (Wildman–Crippen LogP) is 3.65. The summed E-state index contributed by atoms with van der Waals surface area (Å²) in [7, 11) is 0. The van der Waals surface area contributed by atoms with Crippen LogP contribution in [0.15, 0.2) is 42.5 Å². The van der Waals surface area contributed by atoms with Gasteiger partial charge in [0.1, 0.15) is 17.3 Å². The van der Waals surface area contributed by atoms with Gasteiger partial charge < -0.3 is 10.2 Å². The van der Waals surface area contributed by atoms with Crippen molar-refractivity contribution in [1.82, 2.24) is 4.90 Å². The number of aryl methyl sites for hydroxylation is 1. The Morgan fingerprint density at radius 2 is 1.64 bits per heavy atom. The lowest BCUT2D eigenvalue weighted by molar-refractivity contribution is -0.129. The third kappa shape index (κ3) is 5.38. The molecule has 0 aliphatic rings. The Bertz CT molecular complexity index is 740. The van der Waals surface area contributed by atoms with Crippen molar-refractivity contribution >= 4 is 17.5 Å². The molecule has 0 radical (unpaired) electrons. The molecular formula is C19H20F2N2O2. The first-order valence-corrected chi connectivity index (χ1v) is 7.91. The van der Waals surface area contributed by atoms with Gasteiger partial charge >= 0.3 is 0 Å². The molecule has 2 aromatic rings. The van der Waals surface area contributed by atoms with Gasteiger partial charge in [0, 0.05) is 26.4 Å². The number of carbonyl (C=O) groups excluding carboxylic acids is 2. The zero-order chi connectivity index (χ0) is 18.4. The van der Waals surface area contributed by atoms with Crippen LogP contribution in [0.4, 0.5) is 14.5 Å². The van der Waals surface area contributed by atoms with Crippen LogP contribution in [0.1, 0.15) is 24.5 Å². The second-order valence-electron chi connectivity index (χ2n) is 5.82. The molecule has 0 atom stereocenters. The summed E-state index contributed by atoms with van der Waals surface area (Å²) in [5.74, 6) is -2.41. The number of halogens is 2. The van der Waals surface area contributed by atoms with E-state index in [0.717, 1.165) is 23.3 Å². The smallest absolute Gasteiger partial charge is 0.226 e. The Labute approximate surface area is 145 Å². The molecule has 0 aliphatic heterocycles. The molecule has 1 N–H and O–H groups in total. The Hall–Kier alpha value is -2.76. The van der Waals surface area contributed by atoms with E-state index < -0.39 is 23.2 Å². The average Bonchev–Trinajstić information content (AvgIpc) is 2.56. The van der Waals surface area contributed by atoms with E-state index in [1.807, 2.05) is 31.2 Å². The van der Waals surface area contributed by atoms with Crippen LogP contribution in [0.3, 0.4) is 0 Å². The normalized spacial score (nSPS) is 10.4. The maximum Gasteiger partial charge on any atom is 0.226 e. The number of hydrogen-bond acceptors (Lipinski definition) is 2. The lowest BCUT2D eigenvalue weighted by Crippen LogP contribution is -2.31. The second kappa shape index (κ2) is 8.37. The van der Waals surface area contributed by atoms with E-state index in [-0.39, 0.29) is 18.9 Å². The van der Waals surface area contributed by atoms with Crippen molar-refractivity contribution in [2.45, 2.75) is 26.8 Å². The van der Waals surface area contributed by atoms with Crippen LogP contribution in [0.5, 0.6) is 0 Å². The van der Waals surface area contributed by atoms with Gasteiger partial charge in [-0.1, -0.05) is 35.9 Å². The Morgan fingerprint density at radius 3 is 2.20 bits per heavy atom. The number of amides is 2. The highest BCUT2D eigenvalue weighted by Crippen LogP contribution is 2.18. The number of para-hydroxylation sites is 1. The van der Waals surface area contributed by atoms with Crippen LogP contribution >= 0.6 is 0 Å². The van der Waals surface area contributed by atoms with E-state index in [9.17, 15) is 18.4 Å². The minimum atomic E-state index is -0.837. The SMILES string of the molecule is CC(=O)N(CCC(=O)Nc1c(F)cccc1F)Cc1ccc(C)cc1. The number of anilines is 1. The van der Waals surface area contributed by atoms with Crippen LogP contribution in [0, 0.1) is 18.6 Å². The second-order valence-corrected chi connectivity index (χ2v) is 5.82. The lowest BCUT2D eigenvalue weighted by Gasteiger charge is -2.21. The van der Waals surface area contributed by atoms with Crippen molar-refractivity contribution in [3.8, 4) is 0 Å². The van der Waals surface area contributed by atoms with E-state index in [1.165, 1.54) is 17.9 Å². The molecule has 0 bridgehead atoms. The summed E-state index contributed by atoms with van der Waals surface area (Å²) < 4.78 is 27.1. The molecule has 0 aliphatic carbocycles. The summed E-state index contributed by atoms with van der Waals surface area (Å²) in [6.45, 7) is 3.92. The van der Waals surface area contributed by atoms with Gasteiger partial charge in [-0.05, 0) is 24.6 Å². The van der Waals surface area contributed by atoms with Gasteiger partial charge in [0.05, 0.1) is 0 Å². The molecule has 0 fully saturated rings. The summed E-state index contributed by atoms with van der Waals surface area (Å²) >= 11 is 0. The number of hydrogen-bond donors (Lipinski definition) is 1. The van der Waals surface area contributed by atoms with Crippen molar-refractivity contribution < 1.29 is 18.4 Å². The van der Waals surface area contributed by atoms with Crippen LogP contribution in [-0.4, -0.2) is 23.3 Å². The summed E-state index contributed by atoms with van der Waals surface area (Å²) in [4.78, 5) is 25.2.